The zero-order valence-electron chi connectivity index (χ0n) is 34.5. The molecule has 6 rings (SSSR count). The van der Waals surface area contributed by atoms with Crippen molar-refractivity contribution in [2.45, 2.75) is 0 Å². The molecule has 0 amide bonds. The third-order valence-corrected chi connectivity index (χ3v) is 10.7. The lowest BCUT2D eigenvalue weighted by Crippen LogP contribution is -2.16. The topological polar surface area (TPSA) is 126 Å². The molecule has 0 saturated carbocycles. The van der Waals surface area contributed by atoms with Crippen molar-refractivity contribution in [3.8, 4) is 34.1 Å². The van der Waals surface area contributed by atoms with E-state index in [2.05, 4.69) is 45.2 Å². The highest BCUT2D eigenvalue weighted by molar-refractivity contribution is 14.1. The van der Waals surface area contributed by atoms with Crippen molar-refractivity contribution in [3.63, 3.8) is 0 Å². The first-order chi connectivity index (χ1) is 30.4. The van der Waals surface area contributed by atoms with Gasteiger partial charge in [0.25, 0.3) is 0 Å². The Morgan fingerprint density at radius 2 is 0.774 bits per heavy atom. The van der Waals surface area contributed by atoms with Crippen molar-refractivity contribution in [1.29, 1.82) is 0 Å². The van der Waals surface area contributed by atoms with Crippen LogP contribution in [0.25, 0.3) is 32.7 Å². The van der Waals surface area contributed by atoms with E-state index < -0.39 is 11.9 Å². The summed E-state index contributed by atoms with van der Waals surface area (Å²) >= 11 is 4.30. The third-order valence-electron chi connectivity index (χ3n) is 9.34. The van der Waals surface area contributed by atoms with Crippen LogP contribution in [0.4, 0.5) is 0 Å². The van der Waals surface area contributed by atoms with Crippen LogP contribution < -0.4 is 18.9 Å². The summed E-state index contributed by atoms with van der Waals surface area (Å²) in [5.74, 6) is 0.00446. The van der Waals surface area contributed by atoms with E-state index >= 15 is 0 Å². The Bertz CT molecular complexity index is 2240. The van der Waals surface area contributed by atoms with Crippen LogP contribution in [0.3, 0.4) is 0 Å². The van der Waals surface area contributed by atoms with Gasteiger partial charge in [0.1, 0.15) is 47.3 Å². The molecule has 0 unspecified atom stereocenters. The number of esters is 2. The van der Waals surface area contributed by atoms with E-state index in [1.54, 1.807) is 50.6 Å². The minimum atomic E-state index is -0.621. The minimum absolute atomic E-state index is 0.205. The van der Waals surface area contributed by atoms with Gasteiger partial charge in [0.05, 0.1) is 66.1 Å². The maximum atomic E-state index is 14.3. The van der Waals surface area contributed by atoms with Gasteiger partial charge in [-0.2, -0.15) is 0 Å². The predicted octanol–water partition coefficient (Wildman–Crippen LogP) is 9.42. The van der Waals surface area contributed by atoms with Crippen LogP contribution in [0, 0.1) is 7.14 Å². The van der Waals surface area contributed by atoms with Crippen molar-refractivity contribution in [1.82, 2.24) is 0 Å². The first-order valence-electron chi connectivity index (χ1n) is 20.0. The number of hydrogen-bond donors (Lipinski definition) is 0. The maximum Gasteiger partial charge on any atom is 0.347 e. The monoisotopic (exact) mass is 1070 g/mol. The summed E-state index contributed by atoms with van der Waals surface area (Å²) in [4.78, 5) is 28.5. The molecule has 0 aliphatic heterocycles. The van der Waals surface area contributed by atoms with Gasteiger partial charge < -0.3 is 47.4 Å². The van der Waals surface area contributed by atoms with E-state index in [-0.39, 0.29) is 35.8 Å². The molecular formula is C48H48I2O12. The Hall–Kier alpha value is -4.40. The highest BCUT2D eigenvalue weighted by Gasteiger charge is 2.25. The molecule has 0 bridgehead atoms. The Labute approximate surface area is 388 Å². The molecule has 0 saturated heterocycles. The fourth-order valence-corrected chi connectivity index (χ4v) is 7.41. The molecule has 0 heterocycles. The molecule has 6 aromatic rings. The molecule has 6 aromatic carbocycles. The molecule has 0 atom stereocenters. The fourth-order valence-electron chi connectivity index (χ4n) is 6.42. The average Bonchev–Trinajstić information content (AvgIpc) is 3.28. The lowest BCUT2D eigenvalue weighted by Gasteiger charge is -2.19. The van der Waals surface area contributed by atoms with Crippen molar-refractivity contribution in [3.05, 3.63) is 127 Å². The van der Waals surface area contributed by atoms with Crippen LogP contribution in [0.5, 0.6) is 23.0 Å². The Kier molecular flexibility index (Phi) is 19.0. The summed E-state index contributed by atoms with van der Waals surface area (Å²) in [6, 6.07) is 33.6. The number of rotatable bonds is 25. The van der Waals surface area contributed by atoms with Crippen LogP contribution in [0.1, 0.15) is 20.7 Å². The summed E-state index contributed by atoms with van der Waals surface area (Å²) in [5, 5.41) is 3.37. The van der Waals surface area contributed by atoms with Gasteiger partial charge in [0, 0.05) is 32.5 Å². The molecule has 0 aliphatic rings. The average molecular weight is 1070 g/mol. The third kappa shape index (κ3) is 13.3. The van der Waals surface area contributed by atoms with Crippen molar-refractivity contribution in [2.24, 2.45) is 0 Å². The number of carbonyl (C=O) groups is 2. The van der Waals surface area contributed by atoms with Gasteiger partial charge in [-0.15, -0.1) is 0 Å². The van der Waals surface area contributed by atoms with Crippen LogP contribution in [0.2, 0.25) is 0 Å². The van der Waals surface area contributed by atoms with E-state index in [0.29, 0.717) is 88.7 Å². The quantitative estimate of drug-likeness (QED) is 0.0235. The van der Waals surface area contributed by atoms with Crippen LogP contribution in [-0.4, -0.2) is 105 Å². The highest BCUT2D eigenvalue weighted by atomic mass is 127. The first kappa shape index (κ1) is 47.1. The van der Waals surface area contributed by atoms with Crippen molar-refractivity contribution >= 4 is 78.7 Å². The number of carbonyl (C=O) groups excluding carboxylic acids is 2. The molecule has 62 heavy (non-hydrogen) atoms. The van der Waals surface area contributed by atoms with Crippen molar-refractivity contribution < 1.29 is 57.0 Å². The summed E-state index contributed by atoms with van der Waals surface area (Å²) in [6.07, 6.45) is 0. The lowest BCUT2D eigenvalue weighted by atomic mass is 9.92. The summed E-state index contributed by atoms with van der Waals surface area (Å²) in [6.45, 7) is 4.66. The maximum absolute atomic E-state index is 14.3. The van der Waals surface area contributed by atoms with Gasteiger partial charge in [0.15, 0.2) is 0 Å². The Morgan fingerprint density at radius 1 is 0.419 bits per heavy atom. The second-order valence-corrected chi connectivity index (χ2v) is 16.0. The molecule has 326 valence electrons. The van der Waals surface area contributed by atoms with Crippen LogP contribution in [-0.2, 0) is 28.4 Å². The fraction of sp³-hybridized carbons (Fsp3) is 0.292. The first-order valence-corrected chi connectivity index (χ1v) is 22.2. The second kappa shape index (κ2) is 25.0. The number of halogens is 2. The van der Waals surface area contributed by atoms with Gasteiger partial charge in [-0.25, -0.2) is 9.59 Å². The van der Waals surface area contributed by atoms with Crippen molar-refractivity contribution in [2.75, 3.05) is 93.5 Å². The minimum Gasteiger partial charge on any atom is -0.490 e. The number of hydrogen-bond acceptors (Lipinski definition) is 12. The Balaban J connectivity index is 1.27. The molecule has 0 aliphatic carbocycles. The summed E-state index contributed by atoms with van der Waals surface area (Å²) in [5.41, 5.74) is 1.64. The normalized spacial score (nSPS) is 11.2. The number of ether oxygens (including phenoxy) is 10. The van der Waals surface area contributed by atoms with E-state index in [1.165, 1.54) is 0 Å². The van der Waals surface area contributed by atoms with E-state index in [1.807, 2.05) is 72.8 Å². The van der Waals surface area contributed by atoms with E-state index in [0.717, 1.165) is 28.7 Å². The van der Waals surface area contributed by atoms with Gasteiger partial charge in [-0.1, -0.05) is 60.7 Å². The van der Waals surface area contributed by atoms with Gasteiger partial charge in [0.2, 0.25) is 0 Å². The summed E-state index contributed by atoms with van der Waals surface area (Å²) < 4.78 is 58.6. The molecule has 0 spiro atoms. The number of benzene rings is 6. The molecule has 0 fully saturated rings. The molecular weight excluding hydrogens is 1020 g/mol. The number of methoxy groups -OCH3 is 2. The van der Waals surface area contributed by atoms with Crippen LogP contribution in [0.15, 0.2) is 109 Å². The van der Waals surface area contributed by atoms with E-state index in [9.17, 15) is 9.59 Å². The zero-order valence-corrected chi connectivity index (χ0v) is 38.8. The molecule has 0 aromatic heterocycles. The van der Waals surface area contributed by atoms with Gasteiger partial charge >= 0.3 is 11.9 Å². The lowest BCUT2D eigenvalue weighted by molar-refractivity contribution is 0.0178. The summed E-state index contributed by atoms with van der Waals surface area (Å²) in [7, 11) is 3.24. The van der Waals surface area contributed by atoms with Gasteiger partial charge in [-0.3, -0.25) is 0 Å². The predicted molar refractivity (Wildman–Crippen MR) is 253 cm³/mol. The van der Waals surface area contributed by atoms with E-state index in [4.69, 9.17) is 47.4 Å². The molecule has 0 radical (unpaired) electrons. The highest BCUT2D eigenvalue weighted by Crippen LogP contribution is 2.46. The second-order valence-electron chi connectivity index (χ2n) is 13.5. The largest absolute Gasteiger partial charge is 0.490 e. The van der Waals surface area contributed by atoms with Crippen LogP contribution >= 0.6 is 45.2 Å². The number of fused-ring (bicyclic) bond motifs is 2. The molecule has 12 nitrogen and oxygen atoms in total. The molecule has 14 heteroatoms. The Morgan fingerprint density at radius 3 is 1.18 bits per heavy atom. The zero-order chi connectivity index (χ0) is 43.5. The van der Waals surface area contributed by atoms with Gasteiger partial charge in [-0.05, 0) is 115 Å². The SMILES string of the molecule is COCCOCCOCCOc1ccc(I)cc1C(=O)Oc1ccc2ccccc2c1-c1c(OC(=O)c2cc(I)ccc2OCCOCCOCCOC)ccc2ccccc12. The smallest absolute Gasteiger partial charge is 0.347 e. The standard InChI is InChI=1S/C48H48I2O12/c1-53-19-21-55-23-25-57-27-29-59-41-17-13-35(49)31-39(41)47(51)61-43-15-11-33-7-3-5-9-37(33)45(43)46-38-10-6-4-8-34(38)12-16-44(46)62-48(52)40-32-36(50)14-18-42(40)60-30-28-58-26-24-56-22-20-54-2/h3-18,31-32H,19-30H2,1-2H3. The molecule has 0 N–H and O–H groups in total.